The summed E-state index contributed by atoms with van der Waals surface area (Å²) in [7, 11) is 0. The molecule has 2 heteroatoms. The van der Waals surface area contributed by atoms with E-state index in [-0.39, 0.29) is 17.4 Å². The predicted molar refractivity (Wildman–Crippen MR) is 95.6 cm³/mol. The summed E-state index contributed by atoms with van der Waals surface area (Å²) in [5.41, 5.74) is 4.08. The van der Waals surface area contributed by atoms with Crippen molar-refractivity contribution in [1.82, 2.24) is 0 Å². The zero-order valence-corrected chi connectivity index (χ0v) is 13.6. The molecule has 1 aliphatic carbocycles. The largest absolute Gasteiger partial charge is 0.508 e. The van der Waals surface area contributed by atoms with Crippen molar-refractivity contribution in [2.45, 2.75) is 24.7 Å². The van der Waals surface area contributed by atoms with E-state index in [1.165, 1.54) is 11.1 Å². The first-order chi connectivity index (χ1) is 11.7. The van der Waals surface area contributed by atoms with Crippen molar-refractivity contribution in [3.63, 3.8) is 0 Å². The van der Waals surface area contributed by atoms with Crippen LogP contribution in [0.25, 0.3) is 0 Å². The van der Waals surface area contributed by atoms with Gasteiger partial charge in [-0.1, -0.05) is 60.7 Å². The maximum atomic E-state index is 10.4. The average molecular weight is 316 g/mol. The summed E-state index contributed by atoms with van der Waals surface area (Å²) < 4.78 is 0. The molecular formula is C22H20O2. The highest BCUT2D eigenvalue weighted by molar-refractivity contribution is 5.55. The van der Waals surface area contributed by atoms with Crippen LogP contribution in [0.5, 0.6) is 11.5 Å². The zero-order chi connectivity index (χ0) is 16.7. The van der Waals surface area contributed by atoms with Crippen LogP contribution < -0.4 is 0 Å². The van der Waals surface area contributed by atoms with Crippen LogP contribution in [-0.4, -0.2) is 10.2 Å². The Kier molecular flexibility index (Phi) is 3.53. The van der Waals surface area contributed by atoms with E-state index in [1.54, 1.807) is 19.1 Å². The maximum Gasteiger partial charge on any atom is 0.119 e. The molecule has 0 saturated heterocycles. The summed E-state index contributed by atoms with van der Waals surface area (Å²) in [6, 6.07) is 24.2. The highest BCUT2D eigenvalue weighted by Gasteiger charge is 2.53. The molecule has 4 rings (SSSR count). The van der Waals surface area contributed by atoms with Gasteiger partial charge >= 0.3 is 0 Å². The molecule has 2 atom stereocenters. The normalized spacial score (nSPS) is 22.3. The van der Waals surface area contributed by atoms with E-state index in [2.05, 4.69) is 48.5 Å². The highest BCUT2D eigenvalue weighted by atomic mass is 16.3. The summed E-state index contributed by atoms with van der Waals surface area (Å²) in [6.07, 6.45) is 0. The number of hydrogen-bond acceptors (Lipinski definition) is 2. The number of benzene rings is 3. The molecule has 0 aromatic heterocycles. The molecule has 0 heterocycles. The monoisotopic (exact) mass is 316 g/mol. The molecule has 24 heavy (non-hydrogen) atoms. The Hall–Kier alpha value is -2.74. The molecule has 0 spiro atoms. The summed E-state index contributed by atoms with van der Waals surface area (Å²) in [4.78, 5) is 0. The molecule has 1 aliphatic rings. The van der Waals surface area contributed by atoms with Crippen molar-refractivity contribution in [3.8, 4) is 11.5 Å². The quantitative estimate of drug-likeness (QED) is 0.662. The topological polar surface area (TPSA) is 40.5 Å². The lowest BCUT2D eigenvalue weighted by Crippen LogP contribution is -1.87. The van der Waals surface area contributed by atoms with Crippen molar-refractivity contribution in [1.29, 1.82) is 0 Å². The lowest BCUT2D eigenvalue weighted by atomic mass is 10.0. The Morgan fingerprint density at radius 2 is 1.12 bits per heavy atom. The second kappa shape index (κ2) is 5.72. The van der Waals surface area contributed by atoms with Crippen LogP contribution >= 0.6 is 0 Å². The number of phenols is 2. The van der Waals surface area contributed by atoms with Gasteiger partial charge in [0, 0.05) is 11.5 Å². The molecule has 0 aliphatic heterocycles. The van der Waals surface area contributed by atoms with Gasteiger partial charge in [-0.2, -0.15) is 0 Å². The van der Waals surface area contributed by atoms with Gasteiger partial charge in [-0.15, -0.1) is 0 Å². The fraction of sp³-hybridized carbons (Fsp3) is 0.182. The third-order valence-corrected chi connectivity index (χ3v) is 5.09. The van der Waals surface area contributed by atoms with Gasteiger partial charge in [-0.3, -0.25) is 0 Å². The molecule has 3 aromatic carbocycles. The number of aryl methyl sites for hydroxylation is 1. The molecule has 0 bridgehead atoms. The SMILES string of the molecule is Cc1cc(O)c(C2C(c3ccccc3)C2c2ccccc2)cc1O. The maximum absolute atomic E-state index is 10.4. The number of hydrogen-bond donors (Lipinski definition) is 2. The van der Waals surface area contributed by atoms with E-state index >= 15 is 0 Å². The van der Waals surface area contributed by atoms with Crippen molar-refractivity contribution in [2.75, 3.05) is 0 Å². The number of phenolic OH excluding ortho intramolecular Hbond substituents is 2. The minimum Gasteiger partial charge on any atom is -0.508 e. The molecular weight excluding hydrogens is 296 g/mol. The predicted octanol–water partition coefficient (Wildman–Crippen LogP) is 5.07. The summed E-state index contributed by atoms with van der Waals surface area (Å²) in [6.45, 7) is 1.80. The van der Waals surface area contributed by atoms with Crippen LogP contribution in [0.15, 0.2) is 72.8 Å². The molecule has 0 amide bonds. The van der Waals surface area contributed by atoms with Gasteiger partial charge in [-0.05, 0) is 47.6 Å². The van der Waals surface area contributed by atoms with Crippen LogP contribution in [0.1, 0.15) is 40.0 Å². The standard InChI is InChI=1S/C22H20O2/c1-14-12-19(24)17(13-18(14)23)22-20(15-8-4-2-5-9-15)21(22)16-10-6-3-7-11-16/h2-13,20-24H,1H3. The molecule has 3 aromatic rings. The van der Waals surface area contributed by atoms with Gasteiger partial charge < -0.3 is 10.2 Å². The molecule has 120 valence electrons. The summed E-state index contributed by atoms with van der Waals surface area (Å²) in [5, 5.41) is 20.5. The lowest BCUT2D eigenvalue weighted by molar-refractivity contribution is 0.450. The van der Waals surface area contributed by atoms with Crippen LogP contribution in [0.4, 0.5) is 0 Å². The van der Waals surface area contributed by atoms with Gasteiger partial charge in [0.05, 0.1) is 0 Å². The lowest BCUT2D eigenvalue weighted by Gasteiger charge is -2.08. The zero-order valence-electron chi connectivity index (χ0n) is 13.6. The summed E-state index contributed by atoms with van der Waals surface area (Å²) in [5.74, 6) is 1.34. The average Bonchev–Trinajstić information content (AvgIpc) is 3.35. The van der Waals surface area contributed by atoms with E-state index in [4.69, 9.17) is 0 Å². The van der Waals surface area contributed by atoms with Gasteiger partial charge in [0.25, 0.3) is 0 Å². The third kappa shape index (κ3) is 2.44. The second-order valence-corrected chi connectivity index (χ2v) is 6.60. The first-order valence-corrected chi connectivity index (χ1v) is 8.29. The van der Waals surface area contributed by atoms with Crippen LogP contribution in [0, 0.1) is 6.92 Å². The fourth-order valence-electron chi connectivity index (χ4n) is 3.84. The van der Waals surface area contributed by atoms with Gasteiger partial charge in [0.2, 0.25) is 0 Å². The van der Waals surface area contributed by atoms with E-state index in [0.29, 0.717) is 17.4 Å². The first-order valence-electron chi connectivity index (χ1n) is 8.29. The fourth-order valence-corrected chi connectivity index (χ4v) is 3.84. The van der Waals surface area contributed by atoms with E-state index in [1.807, 2.05) is 12.1 Å². The van der Waals surface area contributed by atoms with Crippen LogP contribution in [0.2, 0.25) is 0 Å². The Bertz CT molecular complexity index is 810. The molecule has 1 fully saturated rings. The number of aromatic hydroxyl groups is 2. The van der Waals surface area contributed by atoms with Crippen LogP contribution in [0.3, 0.4) is 0 Å². The van der Waals surface area contributed by atoms with Crippen molar-refractivity contribution < 1.29 is 10.2 Å². The molecule has 2 nitrogen and oxygen atoms in total. The van der Waals surface area contributed by atoms with Crippen LogP contribution in [-0.2, 0) is 0 Å². The van der Waals surface area contributed by atoms with Crippen molar-refractivity contribution in [2.24, 2.45) is 0 Å². The van der Waals surface area contributed by atoms with Crippen molar-refractivity contribution >= 4 is 0 Å². The third-order valence-electron chi connectivity index (χ3n) is 5.09. The van der Waals surface area contributed by atoms with E-state index < -0.39 is 0 Å². The molecule has 2 unspecified atom stereocenters. The van der Waals surface area contributed by atoms with Crippen molar-refractivity contribution in [3.05, 3.63) is 95.1 Å². The van der Waals surface area contributed by atoms with Gasteiger partial charge in [-0.25, -0.2) is 0 Å². The summed E-state index contributed by atoms with van der Waals surface area (Å²) >= 11 is 0. The van der Waals surface area contributed by atoms with Gasteiger partial charge in [0.15, 0.2) is 0 Å². The second-order valence-electron chi connectivity index (χ2n) is 6.60. The number of rotatable bonds is 3. The Labute approximate surface area is 142 Å². The molecule has 0 radical (unpaired) electrons. The molecule has 2 N–H and O–H groups in total. The Morgan fingerprint density at radius 3 is 1.62 bits per heavy atom. The first kappa shape index (κ1) is 14.8. The highest BCUT2D eigenvalue weighted by Crippen LogP contribution is 2.67. The van der Waals surface area contributed by atoms with E-state index in [0.717, 1.165) is 5.56 Å². The minimum absolute atomic E-state index is 0.182. The van der Waals surface area contributed by atoms with Gasteiger partial charge in [0.1, 0.15) is 11.5 Å². The Balaban J connectivity index is 1.79. The smallest absolute Gasteiger partial charge is 0.119 e. The molecule has 1 saturated carbocycles. The Morgan fingerprint density at radius 1 is 0.625 bits per heavy atom. The minimum atomic E-state index is 0.182. The van der Waals surface area contributed by atoms with E-state index in [9.17, 15) is 10.2 Å².